The number of fused-ring (bicyclic) bond motifs is 1. The minimum Gasteiger partial charge on any atom is -0.383 e. The maximum absolute atomic E-state index is 12.9. The Labute approximate surface area is 195 Å². The number of pyridine rings is 1. The van der Waals surface area contributed by atoms with Gasteiger partial charge in [0.2, 0.25) is 0 Å². The lowest BCUT2D eigenvalue weighted by atomic mass is 10.0. The lowest BCUT2D eigenvalue weighted by Gasteiger charge is -2.33. The van der Waals surface area contributed by atoms with E-state index in [1.165, 1.54) is 11.1 Å². The lowest BCUT2D eigenvalue weighted by Crippen LogP contribution is -2.39. The predicted molar refractivity (Wildman–Crippen MR) is 131 cm³/mol. The number of benzene rings is 2. The van der Waals surface area contributed by atoms with Gasteiger partial charge >= 0.3 is 0 Å². The molecule has 3 aromatic rings. The molecule has 0 bridgehead atoms. The zero-order chi connectivity index (χ0) is 23.0. The molecular formula is C27H31N3O3. The van der Waals surface area contributed by atoms with Crippen LogP contribution in [-0.4, -0.2) is 62.3 Å². The lowest BCUT2D eigenvalue weighted by molar-refractivity contribution is -0.0287. The van der Waals surface area contributed by atoms with E-state index < -0.39 is 0 Å². The molecule has 0 spiro atoms. The van der Waals surface area contributed by atoms with Crippen LogP contribution < -0.4 is 5.32 Å². The van der Waals surface area contributed by atoms with Crippen LogP contribution >= 0.6 is 0 Å². The summed E-state index contributed by atoms with van der Waals surface area (Å²) in [6, 6.07) is 20.0. The van der Waals surface area contributed by atoms with E-state index >= 15 is 0 Å². The van der Waals surface area contributed by atoms with Crippen molar-refractivity contribution in [2.24, 2.45) is 0 Å². The number of amides is 1. The highest BCUT2D eigenvalue weighted by atomic mass is 16.5. The van der Waals surface area contributed by atoms with Crippen LogP contribution in [0.15, 0.2) is 66.2 Å². The second-order valence-electron chi connectivity index (χ2n) is 8.36. The first-order valence-corrected chi connectivity index (χ1v) is 11.4. The molecule has 1 atom stereocenters. The molecule has 0 aliphatic carbocycles. The highest BCUT2D eigenvalue weighted by Crippen LogP contribution is 2.26. The monoisotopic (exact) mass is 445 g/mol. The highest BCUT2D eigenvalue weighted by Gasteiger charge is 2.25. The molecule has 1 aromatic heterocycles. The van der Waals surface area contributed by atoms with E-state index in [0.29, 0.717) is 25.3 Å². The van der Waals surface area contributed by atoms with Gasteiger partial charge in [-0.1, -0.05) is 60.2 Å². The van der Waals surface area contributed by atoms with Crippen LogP contribution in [0.2, 0.25) is 0 Å². The zero-order valence-electron chi connectivity index (χ0n) is 19.3. The van der Waals surface area contributed by atoms with Gasteiger partial charge in [0.05, 0.1) is 30.0 Å². The molecule has 1 saturated heterocycles. The second kappa shape index (κ2) is 11.2. The van der Waals surface area contributed by atoms with Gasteiger partial charge in [-0.25, -0.2) is 4.98 Å². The van der Waals surface area contributed by atoms with Gasteiger partial charge in [0.15, 0.2) is 0 Å². The first kappa shape index (κ1) is 23.1. The number of nitrogens with zero attached hydrogens (tertiary/aromatic N) is 2. The minimum atomic E-state index is -0.182. The molecular weight excluding hydrogens is 414 g/mol. The van der Waals surface area contributed by atoms with Crippen molar-refractivity contribution in [1.29, 1.82) is 0 Å². The molecule has 0 saturated carbocycles. The van der Waals surface area contributed by atoms with Crippen LogP contribution in [-0.2, 0) is 9.47 Å². The second-order valence-corrected chi connectivity index (χ2v) is 8.36. The number of hydrogen-bond acceptors (Lipinski definition) is 5. The minimum absolute atomic E-state index is 0.124. The fraction of sp³-hybridized carbons (Fsp3) is 0.333. The summed E-state index contributed by atoms with van der Waals surface area (Å²) in [6.45, 7) is 6.19. The van der Waals surface area contributed by atoms with Gasteiger partial charge in [0, 0.05) is 38.7 Å². The number of ether oxygens (including phenoxy) is 2. The van der Waals surface area contributed by atoms with Crippen molar-refractivity contribution in [1.82, 2.24) is 15.2 Å². The summed E-state index contributed by atoms with van der Waals surface area (Å²) in [6.07, 6.45) is 2.04. The van der Waals surface area contributed by atoms with Crippen LogP contribution in [0.4, 0.5) is 0 Å². The van der Waals surface area contributed by atoms with Crippen molar-refractivity contribution in [3.8, 4) is 0 Å². The van der Waals surface area contributed by atoms with Gasteiger partial charge in [-0.05, 0) is 24.6 Å². The highest BCUT2D eigenvalue weighted by molar-refractivity contribution is 6.06. The Morgan fingerprint density at radius 1 is 1.21 bits per heavy atom. The predicted octanol–water partition coefficient (Wildman–Crippen LogP) is 4.09. The zero-order valence-corrected chi connectivity index (χ0v) is 19.3. The topological polar surface area (TPSA) is 63.7 Å². The van der Waals surface area contributed by atoms with Crippen molar-refractivity contribution < 1.29 is 14.3 Å². The third-order valence-corrected chi connectivity index (χ3v) is 5.74. The summed E-state index contributed by atoms with van der Waals surface area (Å²) >= 11 is 0. The molecule has 4 rings (SSSR count). The van der Waals surface area contributed by atoms with Gasteiger partial charge in [-0.15, -0.1) is 0 Å². The third kappa shape index (κ3) is 6.05. The first-order chi connectivity index (χ1) is 16.1. The van der Waals surface area contributed by atoms with E-state index in [1.807, 2.05) is 36.4 Å². The van der Waals surface area contributed by atoms with E-state index in [2.05, 4.69) is 47.5 Å². The summed E-state index contributed by atoms with van der Waals surface area (Å²) in [7, 11) is 1.62. The number of aromatic nitrogens is 1. The standard InChI is InChI=1S/C27H31N3O3/c1-20(16-21-8-4-3-5-9-21)18-30-13-15-33-26(19-30)25-17-23(27(31)28-12-14-32-2)22-10-6-7-11-24(22)29-25/h3-11,16-17,26H,12-15,18-19H2,1-2H3,(H,28,31)/b20-16+/t26-/m0/s1. The average molecular weight is 446 g/mol. The smallest absolute Gasteiger partial charge is 0.252 e. The average Bonchev–Trinajstić information content (AvgIpc) is 2.84. The summed E-state index contributed by atoms with van der Waals surface area (Å²) < 4.78 is 11.2. The molecule has 1 N–H and O–H groups in total. The Morgan fingerprint density at radius 3 is 2.82 bits per heavy atom. The summed E-state index contributed by atoms with van der Waals surface area (Å²) in [5, 5.41) is 3.77. The molecule has 1 fully saturated rings. The number of carbonyl (C=O) groups excluding carboxylic acids is 1. The van der Waals surface area contributed by atoms with Crippen LogP contribution in [0.1, 0.15) is 34.6 Å². The van der Waals surface area contributed by atoms with Gasteiger partial charge in [-0.2, -0.15) is 0 Å². The van der Waals surface area contributed by atoms with E-state index in [4.69, 9.17) is 14.5 Å². The molecule has 0 radical (unpaired) electrons. The maximum Gasteiger partial charge on any atom is 0.252 e. The number of hydrogen-bond donors (Lipinski definition) is 1. The van der Waals surface area contributed by atoms with Gasteiger partial charge < -0.3 is 14.8 Å². The van der Waals surface area contributed by atoms with Crippen molar-refractivity contribution in [2.75, 3.05) is 46.5 Å². The molecule has 6 nitrogen and oxygen atoms in total. The summed E-state index contributed by atoms with van der Waals surface area (Å²) in [5.41, 5.74) is 4.71. The van der Waals surface area contributed by atoms with Gasteiger partial charge in [0.1, 0.15) is 6.10 Å². The molecule has 1 aliphatic rings. The largest absolute Gasteiger partial charge is 0.383 e. The Bertz CT molecular complexity index is 1110. The van der Waals surface area contributed by atoms with E-state index in [9.17, 15) is 4.79 Å². The molecule has 33 heavy (non-hydrogen) atoms. The molecule has 1 amide bonds. The van der Waals surface area contributed by atoms with Crippen molar-refractivity contribution in [3.05, 3.63) is 83.1 Å². The third-order valence-electron chi connectivity index (χ3n) is 5.74. The first-order valence-electron chi connectivity index (χ1n) is 11.4. The van der Waals surface area contributed by atoms with Crippen molar-refractivity contribution in [3.63, 3.8) is 0 Å². The van der Waals surface area contributed by atoms with E-state index in [0.717, 1.165) is 36.2 Å². The van der Waals surface area contributed by atoms with E-state index in [1.54, 1.807) is 7.11 Å². The van der Waals surface area contributed by atoms with E-state index in [-0.39, 0.29) is 12.0 Å². The normalized spacial score (nSPS) is 17.3. The molecule has 172 valence electrons. The van der Waals surface area contributed by atoms with Gasteiger partial charge in [0.25, 0.3) is 5.91 Å². The number of nitrogens with one attached hydrogen (secondary N) is 1. The number of methoxy groups -OCH3 is 1. The van der Waals surface area contributed by atoms with Crippen LogP contribution in [0.3, 0.4) is 0 Å². The molecule has 2 aromatic carbocycles. The number of para-hydroxylation sites is 1. The van der Waals surface area contributed by atoms with Crippen LogP contribution in [0.5, 0.6) is 0 Å². The molecule has 6 heteroatoms. The van der Waals surface area contributed by atoms with Crippen LogP contribution in [0, 0.1) is 0 Å². The SMILES string of the molecule is COCCNC(=O)c1cc([C@@H]2CN(C/C(C)=C/c3ccccc3)CCO2)nc2ccccc12. The Hall–Kier alpha value is -3.06. The Kier molecular flexibility index (Phi) is 7.83. The number of carbonyl (C=O) groups is 1. The van der Waals surface area contributed by atoms with Gasteiger partial charge in [-0.3, -0.25) is 9.69 Å². The Morgan fingerprint density at radius 2 is 2.00 bits per heavy atom. The molecule has 0 unspecified atom stereocenters. The van der Waals surface area contributed by atoms with Crippen molar-refractivity contribution in [2.45, 2.75) is 13.0 Å². The Balaban J connectivity index is 1.53. The summed E-state index contributed by atoms with van der Waals surface area (Å²) in [4.78, 5) is 20.1. The fourth-order valence-corrected chi connectivity index (χ4v) is 4.17. The number of morpholine rings is 1. The fourth-order valence-electron chi connectivity index (χ4n) is 4.17. The maximum atomic E-state index is 12.9. The van der Waals surface area contributed by atoms with Crippen LogP contribution in [0.25, 0.3) is 17.0 Å². The molecule has 2 heterocycles. The van der Waals surface area contributed by atoms with Crippen molar-refractivity contribution >= 4 is 22.9 Å². The quantitative estimate of drug-likeness (QED) is 0.529. The summed E-state index contributed by atoms with van der Waals surface area (Å²) in [5.74, 6) is -0.124. The number of rotatable bonds is 8. The molecule has 1 aliphatic heterocycles.